The maximum Gasteiger partial charge on any atom is 0.0945 e. The molecule has 0 bridgehead atoms. The van der Waals surface area contributed by atoms with Gasteiger partial charge in [-0.3, -0.25) is 0 Å². The van der Waals surface area contributed by atoms with Crippen LogP contribution in [0.3, 0.4) is 0 Å². The van der Waals surface area contributed by atoms with Crippen LogP contribution in [-0.4, -0.2) is 15.7 Å². The highest BCUT2D eigenvalue weighted by Gasteiger charge is 2.10. The SMILES string of the molecule is CCCCCCCC(CCn1ccnc1)OCc1ccc(Cl)cc1. The maximum atomic E-state index is 6.20. The Kier molecular flexibility index (Phi) is 8.93. The van der Waals surface area contributed by atoms with Crippen LogP contribution in [0.2, 0.25) is 5.02 Å². The Balaban J connectivity index is 1.77. The molecule has 0 saturated heterocycles. The third-order valence-electron chi connectivity index (χ3n) is 4.30. The lowest BCUT2D eigenvalue weighted by Gasteiger charge is -2.18. The van der Waals surface area contributed by atoms with Gasteiger partial charge in [0.25, 0.3) is 0 Å². The first-order valence-electron chi connectivity index (χ1n) is 9.09. The number of aromatic nitrogens is 2. The van der Waals surface area contributed by atoms with Crippen LogP contribution in [0.15, 0.2) is 43.0 Å². The summed E-state index contributed by atoms with van der Waals surface area (Å²) < 4.78 is 8.32. The van der Waals surface area contributed by atoms with Gasteiger partial charge in [0.1, 0.15) is 0 Å². The van der Waals surface area contributed by atoms with E-state index in [0.29, 0.717) is 12.7 Å². The van der Waals surface area contributed by atoms with E-state index in [4.69, 9.17) is 16.3 Å². The molecule has 0 radical (unpaired) electrons. The molecule has 1 aromatic carbocycles. The second-order valence-corrected chi connectivity index (χ2v) is 6.79. The summed E-state index contributed by atoms with van der Waals surface area (Å²) >= 11 is 5.94. The van der Waals surface area contributed by atoms with Crippen molar-refractivity contribution in [2.24, 2.45) is 0 Å². The number of benzene rings is 1. The van der Waals surface area contributed by atoms with Gasteiger partial charge >= 0.3 is 0 Å². The lowest BCUT2D eigenvalue weighted by molar-refractivity contribution is 0.0250. The lowest BCUT2D eigenvalue weighted by atomic mass is 10.1. The average Bonchev–Trinajstić information content (AvgIpc) is 3.11. The molecular weight excluding hydrogens is 320 g/mol. The minimum absolute atomic E-state index is 0.296. The Hall–Kier alpha value is -1.32. The largest absolute Gasteiger partial charge is 0.373 e. The molecule has 3 nitrogen and oxygen atoms in total. The molecule has 24 heavy (non-hydrogen) atoms. The lowest BCUT2D eigenvalue weighted by Crippen LogP contribution is -2.16. The second kappa shape index (κ2) is 11.3. The first kappa shape index (κ1) is 19.0. The van der Waals surface area contributed by atoms with Crippen molar-refractivity contribution in [1.82, 2.24) is 9.55 Å². The minimum atomic E-state index is 0.296. The molecule has 1 heterocycles. The van der Waals surface area contributed by atoms with Crippen LogP contribution in [0.4, 0.5) is 0 Å². The van der Waals surface area contributed by atoms with E-state index in [1.54, 1.807) is 0 Å². The van der Waals surface area contributed by atoms with Crippen LogP contribution in [0, 0.1) is 0 Å². The third kappa shape index (κ3) is 7.50. The monoisotopic (exact) mass is 348 g/mol. The van der Waals surface area contributed by atoms with Crippen molar-refractivity contribution in [3.63, 3.8) is 0 Å². The number of nitrogens with zero attached hydrogens (tertiary/aromatic N) is 2. The first-order valence-corrected chi connectivity index (χ1v) is 9.47. The van der Waals surface area contributed by atoms with E-state index >= 15 is 0 Å². The van der Waals surface area contributed by atoms with Gasteiger partial charge in [-0.05, 0) is 30.5 Å². The summed E-state index contributed by atoms with van der Waals surface area (Å²) in [5.41, 5.74) is 1.18. The first-order chi connectivity index (χ1) is 11.8. The van der Waals surface area contributed by atoms with E-state index in [1.165, 1.54) is 37.7 Å². The molecule has 2 aromatic rings. The molecule has 0 aliphatic heterocycles. The van der Waals surface area contributed by atoms with Crippen LogP contribution in [0.1, 0.15) is 57.4 Å². The van der Waals surface area contributed by atoms with E-state index in [9.17, 15) is 0 Å². The number of aryl methyl sites for hydroxylation is 1. The average molecular weight is 349 g/mol. The van der Waals surface area contributed by atoms with E-state index in [0.717, 1.165) is 24.4 Å². The summed E-state index contributed by atoms with van der Waals surface area (Å²) in [6.45, 7) is 3.87. The van der Waals surface area contributed by atoms with Crippen molar-refractivity contribution >= 4 is 11.6 Å². The topological polar surface area (TPSA) is 27.1 Å². The van der Waals surface area contributed by atoms with Crippen LogP contribution >= 0.6 is 11.6 Å². The van der Waals surface area contributed by atoms with Gasteiger partial charge in [0, 0.05) is 24.0 Å². The number of imidazole rings is 1. The molecule has 0 aliphatic rings. The van der Waals surface area contributed by atoms with Crippen molar-refractivity contribution in [3.05, 3.63) is 53.6 Å². The van der Waals surface area contributed by atoms with Gasteiger partial charge in [0.05, 0.1) is 19.0 Å². The maximum absolute atomic E-state index is 6.20. The molecule has 1 unspecified atom stereocenters. The molecule has 132 valence electrons. The zero-order chi connectivity index (χ0) is 17.0. The van der Waals surface area contributed by atoms with E-state index < -0.39 is 0 Å². The smallest absolute Gasteiger partial charge is 0.0945 e. The molecule has 0 saturated carbocycles. The number of ether oxygens (including phenoxy) is 1. The van der Waals surface area contributed by atoms with Gasteiger partial charge in [-0.15, -0.1) is 0 Å². The summed E-state index contributed by atoms with van der Waals surface area (Å²) in [4.78, 5) is 4.11. The molecule has 1 atom stereocenters. The van der Waals surface area contributed by atoms with Crippen molar-refractivity contribution in [2.75, 3.05) is 0 Å². The van der Waals surface area contributed by atoms with E-state index in [1.807, 2.05) is 43.0 Å². The Morgan fingerprint density at radius 1 is 1.08 bits per heavy atom. The molecule has 2 rings (SSSR count). The quantitative estimate of drug-likeness (QED) is 0.448. The fourth-order valence-corrected chi connectivity index (χ4v) is 2.92. The molecule has 0 amide bonds. The second-order valence-electron chi connectivity index (χ2n) is 6.35. The third-order valence-corrected chi connectivity index (χ3v) is 4.55. The summed E-state index contributed by atoms with van der Waals surface area (Å²) in [7, 11) is 0. The molecule has 0 spiro atoms. The minimum Gasteiger partial charge on any atom is -0.373 e. The number of halogens is 1. The highest BCUT2D eigenvalue weighted by atomic mass is 35.5. The summed E-state index contributed by atoms with van der Waals surface area (Å²) in [6.07, 6.45) is 14.7. The van der Waals surface area contributed by atoms with Gasteiger partial charge in [0.15, 0.2) is 0 Å². The zero-order valence-corrected chi connectivity index (χ0v) is 15.4. The molecule has 4 heteroatoms. The van der Waals surface area contributed by atoms with Crippen molar-refractivity contribution in [1.29, 1.82) is 0 Å². The number of hydrogen-bond donors (Lipinski definition) is 0. The number of unbranched alkanes of at least 4 members (excludes halogenated alkanes) is 4. The van der Waals surface area contributed by atoms with Crippen LogP contribution < -0.4 is 0 Å². The van der Waals surface area contributed by atoms with Crippen LogP contribution in [-0.2, 0) is 17.9 Å². The standard InChI is InChI=1S/C20H29ClN2O/c1-2-3-4-5-6-7-20(12-14-23-15-13-22-17-23)24-16-18-8-10-19(21)11-9-18/h8-11,13,15,17,20H,2-7,12,14,16H2,1H3. The summed E-state index contributed by atoms with van der Waals surface area (Å²) in [5.74, 6) is 0. The van der Waals surface area contributed by atoms with Crippen molar-refractivity contribution < 1.29 is 4.74 Å². The predicted octanol–water partition coefficient (Wildman–Crippen LogP) is 5.87. The van der Waals surface area contributed by atoms with Crippen LogP contribution in [0.5, 0.6) is 0 Å². The highest BCUT2D eigenvalue weighted by Crippen LogP contribution is 2.16. The van der Waals surface area contributed by atoms with E-state index in [-0.39, 0.29) is 0 Å². The normalized spacial score (nSPS) is 12.4. The molecular formula is C20H29ClN2O. The van der Waals surface area contributed by atoms with Crippen LogP contribution in [0.25, 0.3) is 0 Å². The molecule has 0 aliphatic carbocycles. The zero-order valence-electron chi connectivity index (χ0n) is 14.7. The van der Waals surface area contributed by atoms with Gasteiger partial charge in [0.2, 0.25) is 0 Å². The fraction of sp³-hybridized carbons (Fsp3) is 0.550. The predicted molar refractivity (Wildman–Crippen MR) is 100 cm³/mol. The van der Waals surface area contributed by atoms with Gasteiger partial charge in [-0.25, -0.2) is 4.98 Å². The number of hydrogen-bond acceptors (Lipinski definition) is 2. The Morgan fingerprint density at radius 3 is 2.58 bits per heavy atom. The molecule has 1 aromatic heterocycles. The molecule has 0 fully saturated rings. The molecule has 0 N–H and O–H groups in total. The van der Waals surface area contributed by atoms with Crippen molar-refractivity contribution in [3.8, 4) is 0 Å². The fourth-order valence-electron chi connectivity index (χ4n) is 2.79. The highest BCUT2D eigenvalue weighted by molar-refractivity contribution is 6.30. The van der Waals surface area contributed by atoms with Gasteiger partial charge < -0.3 is 9.30 Å². The Morgan fingerprint density at radius 2 is 1.88 bits per heavy atom. The number of rotatable bonds is 12. The van der Waals surface area contributed by atoms with Crippen molar-refractivity contribution in [2.45, 2.75) is 71.1 Å². The van der Waals surface area contributed by atoms with Gasteiger partial charge in [-0.1, -0.05) is 62.8 Å². The Bertz CT molecular complexity index is 539. The van der Waals surface area contributed by atoms with E-state index in [2.05, 4.69) is 16.5 Å². The summed E-state index contributed by atoms with van der Waals surface area (Å²) in [6, 6.07) is 7.92. The van der Waals surface area contributed by atoms with Gasteiger partial charge in [-0.2, -0.15) is 0 Å². The Labute approximate surface area is 151 Å². The summed E-state index contributed by atoms with van der Waals surface area (Å²) in [5, 5.41) is 0.770.